The van der Waals surface area contributed by atoms with Gasteiger partial charge in [0.2, 0.25) is 53.2 Å². The number of aliphatic hydroxyl groups is 1. The Morgan fingerprint density at radius 3 is 2.18 bits per heavy atom. The van der Waals surface area contributed by atoms with E-state index in [-0.39, 0.29) is 69.2 Å². The van der Waals surface area contributed by atoms with Gasteiger partial charge in [-0.2, -0.15) is 23.5 Å². The fraction of sp³-hybridized carbons (Fsp3) is 0.561. The number of methoxy groups -OCH3 is 1. The third kappa shape index (κ3) is 19.7. The second kappa shape index (κ2) is 33.4. The molecule has 0 radical (unpaired) electrons. The number of nitrogens with one attached hydrogen (secondary N) is 8. The van der Waals surface area contributed by atoms with E-state index in [1.165, 1.54) is 43.9 Å². The van der Waals surface area contributed by atoms with Crippen LogP contribution < -0.4 is 42.0 Å². The molecule has 1 saturated heterocycles. The van der Waals surface area contributed by atoms with Crippen molar-refractivity contribution in [3.8, 4) is 5.75 Å². The van der Waals surface area contributed by atoms with Crippen molar-refractivity contribution >= 4 is 87.6 Å². The lowest BCUT2D eigenvalue weighted by Crippen LogP contribution is -2.62. The van der Waals surface area contributed by atoms with Gasteiger partial charge in [0.15, 0.2) is 0 Å². The molecule has 4 aliphatic rings. The second-order valence-electron chi connectivity index (χ2n) is 24.6. The summed E-state index contributed by atoms with van der Waals surface area (Å²) in [6.45, 7) is 6.14. The third-order valence-corrected chi connectivity index (χ3v) is 19.6. The van der Waals surface area contributed by atoms with Crippen molar-refractivity contribution in [1.29, 1.82) is 0 Å². The Morgan fingerprint density at radius 2 is 1.43 bits per heavy atom. The Bertz CT molecular complexity index is 3220. The SMILES string of the molecule is COC1CCC(C[C@@H]2NC(=O)[C@H]([C@@H](C)O)NC(=O)CN3CCCCCOc4cccc(c4)C[C@@H](NC(=O)[C@@H](C)NC(=O)[C@H](C)NC(=O)CCSCc4cccc(c4)CSCCNC(=O)[C@]4(C)CCCN4C2=O)C(=O)N[C@@H](Cc2c[nH]c4ccc(F)cc24)C3=O)CC1. The summed E-state index contributed by atoms with van der Waals surface area (Å²) in [6, 6.07) is 11.3. The number of hydrogen-bond donors (Lipinski definition) is 9. The molecular weight excluding hydrogens is 1210 g/mol. The van der Waals surface area contributed by atoms with Gasteiger partial charge in [0.05, 0.1) is 25.4 Å². The Hall–Kier alpha value is -7.22. The van der Waals surface area contributed by atoms with E-state index in [0.29, 0.717) is 102 Å². The van der Waals surface area contributed by atoms with Crippen molar-refractivity contribution < 1.29 is 62.1 Å². The van der Waals surface area contributed by atoms with Crippen LogP contribution in [0.2, 0.25) is 0 Å². The van der Waals surface area contributed by atoms with E-state index < -0.39 is 102 Å². The predicted molar refractivity (Wildman–Crippen MR) is 346 cm³/mol. The van der Waals surface area contributed by atoms with E-state index in [1.807, 2.05) is 18.2 Å². The fourth-order valence-electron chi connectivity index (χ4n) is 12.3. The highest BCUT2D eigenvalue weighted by Crippen LogP contribution is 2.34. The molecule has 4 heterocycles. The minimum Gasteiger partial charge on any atom is -0.494 e. The van der Waals surface area contributed by atoms with Crippen molar-refractivity contribution in [2.45, 2.75) is 177 Å². The van der Waals surface area contributed by atoms with Crippen LogP contribution in [0.15, 0.2) is 72.9 Å². The van der Waals surface area contributed by atoms with E-state index in [0.717, 1.165) is 24.0 Å². The number of carbonyl (C=O) groups is 9. The highest BCUT2D eigenvalue weighted by Gasteiger charge is 2.48. The molecule has 25 heteroatoms. The van der Waals surface area contributed by atoms with Crippen molar-refractivity contribution in [3.05, 3.63) is 101 Å². The number of H-pyrrole nitrogens is 1. The lowest BCUT2D eigenvalue weighted by atomic mass is 9.82. The molecular formula is C66H89FN10O12S2. The van der Waals surface area contributed by atoms with Crippen LogP contribution in [0.4, 0.5) is 4.39 Å². The quantitative estimate of drug-likeness (QED) is 0.129. The van der Waals surface area contributed by atoms with Gasteiger partial charge in [-0.25, -0.2) is 4.39 Å². The maximum atomic E-state index is 15.4. The van der Waals surface area contributed by atoms with Gasteiger partial charge >= 0.3 is 0 Å². The van der Waals surface area contributed by atoms with Crippen molar-refractivity contribution in [2.75, 3.05) is 51.4 Å². The average Bonchev–Trinajstić information content (AvgIpc) is 1.75. The molecule has 0 unspecified atom stereocenters. The van der Waals surface area contributed by atoms with Gasteiger partial charge in [0.25, 0.3) is 0 Å². The molecule has 22 nitrogen and oxygen atoms in total. The standard InChI is InChI=1S/C66H89FN10O12S2/c1-40-59(81)71-41(2)60(82)72-53-33-44-12-10-15-50(31-44)89-27-8-6-7-25-76(63(85)55(73-61(53)83)34-47-36-69-52-21-18-48(67)35-51(47)52)37-57(80)75-58(42(3)78)62(84)74-54(32-43-16-19-49(88-5)20-17-43)64(86)77-26-11-23-66(77,4)65(87)68-24-29-91-39-46-14-9-13-45(30-46)38-90-28-22-56(79)70-40/h9-10,12-15,18,21,30-31,35-36,40-43,49,53-55,58,69,78H,6-8,11,16-17,19-20,22-29,32-34,37-39H2,1-5H3,(H,68,87)(H,70,79)(H,71,81)(H,72,82)(H,73,83)(H,74,84)(H,75,80)/t40-,41+,42+,43?,49?,53+,54-,55-,58-,66-/m0/s1. The maximum absolute atomic E-state index is 15.4. The van der Waals surface area contributed by atoms with Gasteiger partial charge in [-0.05, 0) is 150 Å². The lowest BCUT2D eigenvalue weighted by Gasteiger charge is -2.38. The van der Waals surface area contributed by atoms with Gasteiger partial charge in [-0.1, -0.05) is 36.4 Å². The first-order chi connectivity index (χ1) is 43.7. The Labute approximate surface area is 539 Å². The van der Waals surface area contributed by atoms with E-state index >= 15 is 9.59 Å². The van der Waals surface area contributed by atoms with Crippen LogP contribution in [0.5, 0.6) is 5.75 Å². The molecule has 3 aromatic carbocycles. The molecule has 494 valence electrons. The van der Waals surface area contributed by atoms with Gasteiger partial charge < -0.3 is 66.6 Å². The molecule has 4 aromatic rings. The molecule has 3 aliphatic heterocycles. The summed E-state index contributed by atoms with van der Waals surface area (Å²) in [4.78, 5) is 136. The number of ether oxygens (including phenoxy) is 2. The van der Waals surface area contributed by atoms with Gasteiger partial charge in [-0.15, -0.1) is 0 Å². The van der Waals surface area contributed by atoms with Crippen LogP contribution in [-0.2, 0) is 72.2 Å². The first-order valence-corrected chi connectivity index (χ1v) is 34.1. The van der Waals surface area contributed by atoms with Crippen LogP contribution in [0.1, 0.15) is 121 Å². The Morgan fingerprint density at radius 1 is 0.725 bits per heavy atom. The van der Waals surface area contributed by atoms with Gasteiger partial charge in [-0.3, -0.25) is 43.2 Å². The number of aliphatic hydroxyl groups excluding tert-OH is 1. The third-order valence-electron chi connectivity index (χ3n) is 17.6. The molecule has 1 aliphatic carbocycles. The number of carbonyl (C=O) groups excluding carboxylic acids is 9. The molecule has 2 fully saturated rings. The van der Waals surface area contributed by atoms with Crippen LogP contribution in [0, 0.1) is 11.7 Å². The lowest BCUT2D eigenvalue weighted by molar-refractivity contribution is -0.147. The first kappa shape index (κ1) is 69.7. The van der Waals surface area contributed by atoms with E-state index in [2.05, 4.69) is 48.3 Å². The summed E-state index contributed by atoms with van der Waals surface area (Å²) < 4.78 is 26.7. The summed E-state index contributed by atoms with van der Waals surface area (Å²) in [5, 5.41) is 31.3. The monoisotopic (exact) mass is 1300 g/mol. The van der Waals surface area contributed by atoms with Crippen molar-refractivity contribution in [2.24, 2.45) is 5.92 Å². The highest BCUT2D eigenvalue weighted by atomic mass is 32.2. The Balaban J connectivity index is 1.10. The Kier molecular flexibility index (Phi) is 25.6. The van der Waals surface area contributed by atoms with Crippen molar-refractivity contribution in [1.82, 2.24) is 52.0 Å². The molecule has 8 atom stereocenters. The van der Waals surface area contributed by atoms with E-state index in [4.69, 9.17) is 9.47 Å². The number of thioether (sulfide) groups is 2. The zero-order valence-electron chi connectivity index (χ0n) is 52.7. The number of aromatic nitrogens is 1. The first-order valence-electron chi connectivity index (χ1n) is 31.8. The van der Waals surface area contributed by atoms with E-state index in [1.54, 1.807) is 72.9 Å². The summed E-state index contributed by atoms with van der Waals surface area (Å²) in [5.41, 5.74) is 2.47. The number of rotatable bonds is 6. The van der Waals surface area contributed by atoms with Gasteiger partial charge in [0, 0.05) is 86.1 Å². The van der Waals surface area contributed by atoms with Crippen LogP contribution in [0.3, 0.4) is 0 Å². The van der Waals surface area contributed by atoms with Crippen LogP contribution in [-0.4, -0.2) is 178 Å². The van der Waals surface area contributed by atoms with Crippen LogP contribution in [0.25, 0.3) is 10.9 Å². The minimum absolute atomic E-state index is 0.00904. The molecule has 6 bridgehead atoms. The zero-order valence-corrected chi connectivity index (χ0v) is 54.3. The summed E-state index contributed by atoms with van der Waals surface area (Å²) in [6.07, 6.45) is 5.38. The zero-order chi connectivity index (χ0) is 65.2. The van der Waals surface area contributed by atoms with Crippen molar-refractivity contribution in [3.63, 3.8) is 0 Å². The summed E-state index contributed by atoms with van der Waals surface area (Å²) in [7, 11) is 1.66. The van der Waals surface area contributed by atoms with E-state index in [9.17, 15) is 43.1 Å². The largest absolute Gasteiger partial charge is 0.494 e. The number of amides is 9. The second-order valence-corrected chi connectivity index (χ2v) is 26.8. The average molecular weight is 1300 g/mol. The molecule has 9 amide bonds. The molecule has 91 heavy (non-hydrogen) atoms. The normalized spacial score (nSPS) is 27.3. The highest BCUT2D eigenvalue weighted by molar-refractivity contribution is 7.98. The maximum Gasteiger partial charge on any atom is 0.246 e. The topological polar surface area (TPSA) is 299 Å². The molecule has 0 spiro atoms. The number of nitrogens with zero attached hydrogens (tertiary/aromatic N) is 2. The van der Waals surface area contributed by atoms with Crippen LogP contribution >= 0.6 is 23.5 Å². The molecule has 8 rings (SSSR count). The smallest absolute Gasteiger partial charge is 0.246 e. The molecule has 9 N–H and O–H groups in total. The van der Waals surface area contributed by atoms with Gasteiger partial charge in [0.1, 0.15) is 53.4 Å². The predicted octanol–water partition coefficient (Wildman–Crippen LogP) is 4.48. The molecule has 1 aromatic heterocycles. The minimum atomic E-state index is -1.63. The number of halogens is 1. The number of benzene rings is 3. The number of aromatic amines is 1. The summed E-state index contributed by atoms with van der Waals surface area (Å²) in [5.74, 6) is -3.54. The number of fused-ring (bicyclic) bond motifs is 11. The molecule has 1 saturated carbocycles. The fourth-order valence-corrected chi connectivity index (χ4v) is 14.0. The number of hydrogen-bond acceptors (Lipinski definition) is 14. The summed E-state index contributed by atoms with van der Waals surface area (Å²) >= 11 is 3.21.